The number of hydrogen-bond donors (Lipinski definition) is 3. The zero-order valence-electron chi connectivity index (χ0n) is 16.7. The highest BCUT2D eigenvalue weighted by Crippen LogP contribution is 2.32. The van der Waals surface area contributed by atoms with Crippen molar-refractivity contribution in [3.05, 3.63) is 77.1 Å². The molecule has 0 radical (unpaired) electrons. The zero-order valence-corrected chi connectivity index (χ0v) is 17.4. The van der Waals surface area contributed by atoms with Crippen molar-refractivity contribution < 1.29 is 0 Å². The van der Waals surface area contributed by atoms with E-state index in [4.69, 9.17) is 27.6 Å². The maximum Gasteiger partial charge on any atom is 0.147 e. The Balaban J connectivity index is 1.64. The van der Waals surface area contributed by atoms with Crippen molar-refractivity contribution >= 4 is 17.4 Å². The van der Waals surface area contributed by atoms with E-state index in [2.05, 4.69) is 25.3 Å². The number of hydrogen-bond acceptors (Lipinski definition) is 7. The lowest BCUT2D eigenvalue weighted by Gasteiger charge is -2.16. The second-order valence-electron chi connectivity index (χ2n) is 6.92. The molecule has 154 valence electrons. The van der Waals surface area contributed by atoms with E-state index in [0.29, 0.717) is 34.6 Å². The highest BCUT2D eigenvalue weighted by atomic mass is 35.5. The van der Waals surface area contributed by atoms with E-state index in [-0.39, 0.29) is 0 Å². The predicted molar refractivity (Wildman–Crippen MR) is 119 cm³/mol. The number of halogens is 1. The van der Waals surface area contributed by atoms with Crippen LogP contribution in [0, 0.1) is 18.3 Å². The highest BCUT2D eigenvalue weighted by molar-refractivity contribution is 6.30. The number of pyridine rings is 1. The van der Waals surface area contributed by atoms with Gasteiger partial charge in [-0.05, 0) is 36.8 Å². The molecule has 0 saturated carbocycles. The molecule has 0 bridgehead atoms. The summed E-state index contributed by atoms with van der Waals surface area (Å²) in [4.78, 5) is 20.9. The number of anilines is 1. The average Bonchev–Trinajstić information content (AvgIpc) is 3.32. The molecule has 0 aliphatic heterocycles. The Morgan fingerprint density at radius 3 is 2.71 bits per heavy atom. The van der Waals surface area contributed by atoms with Crippen LogP contribution < -0.4 is 11.1 Å². The Morgan fingerprint density at radius 2 is 2.03 bits per heavy atom. The molecular formula is C22H19ClN8. The van der Waals surface area contributed by atoms with Crippen LogP contribution in [0.3, 0.4) is 0 Å². The second kappa shape index (κ2) is 8.92. The first kappa shape index (κ1) is 20.5. The largest absolute Gasteiger partial charge is 0.368 e. The van der Waals surface area contributed by atoms with Crippen molar-refractivity contribution in [1.29, 1.82) is 5.26 Å². The van der Waals surface area contributed by atoms with E-state index >= 15 is 0 Å². The average molecular weight is 431 g/mol. The molecule has 0 saturated heterocycles. The van der Waals surface area contributed by atoms with E-state index in [1.807, 2.05) is 31.2 Å². The number of nitrogens with two attached hydrogens (primary N) is 1. The number of nitrogens with one attached hydrogen (secondary N) is 2. The molecule has 4 N–H and O–H groups in total. The van der Waals surface area contributed by atoms with Crippen LogP contribution in [0.15, 0.2) is 55.1 Å². The molecule has 0 spiro atoms. The van der Waals surface area contributed by atoms with Gasteiger partial charge < -0.3 is 16.0 Å². The normalized spacial score (nSPS) is 11.7. The molecule has 3 aromatic heterocycles. The molecule has 8 nitrogen and oxygen atoms in total. The molecule has 9 heteroatoms. The van der Waals surface area contributed by atoms with Crippen molar-refractivity contribution in [2.45, 2.75) is 13.0 Å². The van der Waals surface area contributed by atoms with Crippen LogP contribution in [0.4, 0.5) is 5.82 Å². The molecule has 0 fully saturated rings. The minimum absolute atomic E-state index is 0.373. The fourth-order valence-corrected chi connectivity index (χ4v) is 3.36. The SMILES string of the molecule is Cc1cc(Cl)ccc1-c1nc(C(N)CNc2ccc(C#N)cn2)ncc1-c1ncc[nH]1. The van der Waals surface area contributed by atoms with Gasteiger partial charge in [0.15, 0.2) is 0 Å². The lowest BCUT2D eigenvalue weighted by molar-refractivity contribution is 0.701. The number of H-pyrrole nitrogens is 1. The fourth-order valence-electron chi connectivity index (χ4n) is 3.13. The molecule has 4 rings (SSSR count). The van der Waals surface area contributed by atoms with Gasteiger partial charge in [0.05, 0.1) is 22.9 Å². The van der Waals surface area contributed by atoms with Gasteiger partial charge in [0, 0.05) is 41.9 Å². The molecule has 1 aromatic carbocycles. The Hall–Kier alpha value is -3.80. The van der Waals surface area contributed by atoms with Crippen LogP contribution in [-0.4, -0.2) is 31.5 Å². The smallest absolute Gasteiger partial charge is 0.147 e. The van der Waals surface area contributed by atoms with E-state index < -0.39 is 6.04 Å². The summed E-state index contributed by atoms with van der Waals surface area (Å²) < 4.78 is 0. The van der Waals surface area contributed by atoms with Crippen LogP contribution in [0.2, 0.25) is 5.02 Å². The highest BCUT2D eigenvalue weighted by Gasteiger charge is 2.18. The molecule has 0 aliphatic carbocycles. The fraction of sp³-hybridized carbons (Fsp3) is 0.136. The van der Waals surface area contributed by atoms with Crippen LogP contribution in [-0.2, 0) is 0 Å². The second-order valence-corrected chi connectivity index (χ2v) is 7.36. The molecule has 0 amide bonds. The molecule has 4 aromatic rings. The summed E-state index contributed by atoms with van der Waals surface area (Å²) in [6.45, 7) is 2.35. The molecular weight excluding hydrogens is 412 g/mol. The van der Waals surface area contributed by atoms with Gasteiger partial charge in [0.2, 0.25) is 0 Å². The Bertz CT molecular complexity index is 1230. The van der Waals surface area contributed by atoms with Gasteiger partial charge >= 0.3 is 0 Å². The van der Waals surface area contributed by atoms with Crippen molar-refractivity contribution in [2.24, 2.45) is 5.73 Å². The maximum atomic E-state index is 8.88. The standard InChI is InChI=1S/C22H19ClN8/c1-13-8-15(23)3-4-16(13)20-17(21-26-6-7-27-21)11-30-22(31-20)18(25)12-29-19-5-2-14(9-24)10-28-19/h2-8,10-11,18H,12,25H2,1H3,(H,26,27)(H,28,29). The number of rotatable bonds is 6. The number of nitriles is 1. The summed E-state index contributed by atoms with van der Waals surface area (Å²) in [5.41, 5.74) is 10.3. The van der Waals surface area contributed by atoms with Crippen LogP contribution in [0.25, 0.3) is 22.6 Å². The first-order valence-corrected chi connectivity index (χ1v) is 9.92. The Morgan fingerprint density at radius 1 is 1.16 bits per heavy atom. The van der Waals surface area contributed by atoms with Crippen LogP contribution in [0.1, 0.15) is 23.0 Å². The first-order valence-electron chi connectivity index (χ1n) is 9.54. The summed E-state index contributed by atoms with van der Waals surface area (Å²) in [6.07, 6.45) is 6.66. The number of nitrogens with zero attached hydrogens (tertiary/aromatic N) is 5. The van der Waals surface area contributed by atoms with Crippen molar-refractivity contribution in [2.75, 3.05) is 11.9 Å². The lowest BCUT2D eigenvalue weighted by Crippen LogP contribution is -2.23. The van der Waals surface area contributed by atoms with Crippen LogP contribution in [0.5, 0.6) is 0 Å². The molecule has 3 heterocycles. The van der Waals surface area contributed by atoms with Crippen molar-refractivity contribution in [3.63, 3.8) is 0 Å². The third-order valence-corrected chi connectivity index (χ3v) is 4.97. The lowest BCUT2D eigenvalue weighted by atomic mass is 10.0. The summed E-state index contributed by atoms with van der Waals surface area (Å²) in [7, 11) is 0. The van der Waals surface area contributed by atoms with E-state index in [9.17, 15) is 0 Å². The number of aromatic nitrogens is 5. The van der Waals surface area contributed by atoms with Gasteiger partial charge in [-0.15, -0.1) is 0 Å². The monoisotopic (exact) mass is 430 g/mol. The quantitative estimate of drug-likeness (QED) is 0.423. The number of imidazole rings is 1. The maximum absolute atomic E-state index is 8.88. The Labute approximate surface area is 184 Å². The van der Waals surface area contributed by atoms with Crippen LogP contribution >= 0.6 is 11.6 Å². The summed E-state index contributed by atoms with van der Waals surface area (Å²) in [6, 6.07) is 10.6. The minimum atomic E-state index is -0.477. The van der Waals surface area contributed by atoms with E-state index in [1.165, 1.54) is 6.20 Å². The van der Waals surface area contributed by atoms with Gasteiger partial charge in [-0.25, -0.2) is 19.9 Å². The van der Waals surface area contributed by atoms with Gasteiger partial charge in [0.25, 0.3) is 0 Å². The van der Waals surface area contributed by atoms with Gasteiger partial charge in [0.1, 0.15) is 23.5 Å². The zero-order chi connectivity index (χ0) is 21.8. The summed E-state index contributed by atoms with van der Waals surface area (Å²) >= 11 is 6.14. The molecule has 0 aliphatic rings. The van der Waals surface area contributed by atoms with Crippen molar-refractivity contribution in [1.82, 2.24) is 24.9 Å². The molecule has 31 heavy (non-hydrogen) atoms. The third-order valence-electron chi connectivity index (χ3n) is 4.73. The van der Waals surface area contributed by atoms with Crippen molar-refractivity contribution in [3.8, 4) is 28.7 Å². The van der Waals surface area contributed by atoms with Gasteiger partial charge in [-0.1, -0.05) is 17.7 Å². The van der Waals surface area contributed by atoms with Gasteiger partial charge in [-0.3, -0.25) is 0 Å². The third kappa shape index (κ3) is 4.53. The summed E-state index contributed by atoms with van der Waals surface area (Å²) in [5.74, 6) is 1.78. The minimum Gasteiger partial charge on any atom is -0.368 e. The number of benzene rings is 1. The molecule has 1 atom stereocenters. The number of aryl methyl sites for hydroxylation is 1. The van der Waals surface area contributed by atoms with E-state index in [0.717, 1.165) is 22.4 Å². The first-order chi connectivity index (χ1) is 15.0. The van der Waals surface area contributed by atoms with Gasteiger partial charge in [-0.2, -0.15) is 5.26 Å². The topological polar surface area (TPSA) is 129 Å². The predicted octanol–water partition coefficient (Wildman–Crippen LogP) is 3.87. The Kier molecular flexibility index (Phi) is 5.89. The van der Waals surface area contributed by atoms with E-state index in [1.54, 1.807) is 30.7 Å². The number of aromatic amines is 1. The molecule has 1 unspecified atom stereocenters. The summed E-state index contributed by atoms with van der Waals surface area (Å²) in [5, 5.41) is 12.7.